The molecule has 0 amide bonds. The molecule has 1 saturated carbocycles. The highest BCUT2D eigenvalue weighted by atomic mass is 16.5. The average molecular weight is 416 g/mol. The molecule has 1 aromatic heterocycles. The van der Waals surface area contributed by atoms with Crippen molar-refractivity contribution in [2.24, 2.45) is 11.8 Å². The number of ketones is 1. The molecule has 6 nitrogen and oxygen atoms in total. The molecule has 3 aliphatic rings. The number of pyridine rings is 1. The van der Waals surface area contributed by atoms with Crippen LogP contribution in [0.4, 0.5) is 5.82 Å². The number of Topliss-reactive ketones (excluding diaryl/α,β-unsaturated/α-hetero) is 1. The molecule has 0 aromatic carbocycles. The molecule has 3 heterocycles. The van der Waals surface area contributed by atoms with Crippen molar-refractivity contribution in [3.05, 3.63) is 17.8 Å². The number of nitrogens with zero attached hydrogens (tertiary/aromatic N) is 3. The fourth-order valence-electron chi connectivity index (χ4n) is 5.17. The number of piperazine rings is 1. The van der Waals surface area contributed by atoms with Crippen molar-refractivity contribution in [3.63, 3.8) is 0 Å². The van der Waals surface area contributed by atoms with Gasteiger partial charge in [-0.15, -0.1) is 0 Å². The largest absolute Gasteiger partial charge is 0.489 e. The van der Waals surface area contributed by atoms with Crippen LogP contribution < -0.4 is 9.64 Å². The van der Waals surface area contributed by atoms with Crippen LogP contribution in [-0.4, -0.2) is 68.2 Å². The van der Waals surface area contributed by atoms with Gasteiger partial charge in [0.1, 0.15) is 6.10 Å². The van der Waals surface area contributed by atoms with Gasteiger partial charge in [0.15, 0.2) is 17.4 Å². The molecular formula is C24H37N3O3. The first-order chi connectivity index (χ1) is 14.6. The summed E-state index contributed by atoms with van der Waals surface area (Å²) in [5.74, 6) is 3.71. The van der Waals surface area contributed by atoms with Crippen molar-refractivity contribution in [3.8, 4) is 5.75 Å². The Labute approximate surface area is 180 Å². The van der Waals surface area contributed by atoms with Gasteiger partial charge >= 0.3 is 0 Å². The summed E-state index contributed by atoms with van der Waals surface area (Å²) >= 11 is 0. The van der Waals surface area contributed by atoms with Gasteiger partial charge in [0.05, 0.1) is 6.61 Å². The third-order valence-electron chi connectivity index (χ3n) is 7.37. The van der Waals surface area contributed by atoms with E-state index in [4.69, 9.17) is 9.47 Å². The minimum atomic E-state index is -0.250. The molecule has 0 unspecified atom stereocenters. The Morgan fingerprint density at radius 1 is 1.20 bits per heavy atom. The van der Waals surface area contributed by atoms with E-state index in [1.165, 1.54) is 44.2 Å². The van der Waals surface area contributed by atoms with Crippen LogP contribution >= 0.6 is 0 Å². The minimum absolute atomic E-state index is 0.250. The lowest BCUT2D eigenvalue weighted by Gasteiger charge is -2.37. The lowest BCUT2D eigenvalue weighted by atomic mass is 9.78. The fraction of sp³-hybridized carbons (Fsp3) is 0.750. The molecule has 0 radical (unpaired) electrons. The van der Waals surface area contributed by atoms with Gasteiger partial charge in [0.25, 0.3) is 0 Å². The van der Waals surface area contributed by atoms with Crippen LogP contribution in [-0.2, 0) is 16.0 Å². The van der Waals surface area contributed by atoms with Crippen molar-refractivity contribution in [1.29, 1.82) is 0 Å². The van der Waals surface area contributed by atoms with E-state index >= 15 is 0 Å². The molecule has 2 fully saturated rings. The predicted octanol–water partition coefficient (Wildman–Crippen LogP) is 3.33. The number of methoxy groups -OCH3 is 1. The smallest absolute Gasteiger partial charge is 0.171 e. The second kappa shape index (κ2) is 10.1. The Morgan fingerprint density at radius 3 is 2.67 bits per heavy atom. The maximum atomic E-state index is 12.1. The maximum Gasteiger partial charge on any atom is 0.171 e. The fourth-order valence-corrected chi connectivity index (χ4v) is 5.17. The zero-order chi connectivity index (χ0) is 20.9. The molecule has 2 aliphatic heterocycles. The standard InChI is InChI=1S/C24H37N3O3/c1-18(29-2)22(28)17-20-5-3-19(4-6-20)8-11-26-12-14-27(15-13-26)24-23-21(7-10-25-24)9-16-30-23/h7,10,18-20H,3-6,8-9,11-17H2,1-2H3/t18-,19?,20?/m1/s1. The zero-order valence-electron chi connectivity index (χ0n) is 18.6. The molecule has 0 bridgehead atoms. The lowest BCUT2D eigenvalue weighted by Crippen LogP contribution is -2.47. The minimum Gasteiger partial charge on any atom is -0.489 e. The quantitative estimate of drug-likeness (QED) is 0.649. The van der Waals surface area contributed by atoms with E-state index < -0.39 is 0 Å². The molecular weight excluding hydrogens is 378 g/mol. The van der Waals surface area contributed by atoms with E-state index in [0.717, 1.165) is 56.7 Å². The highest BCUT2D eigenvalue weighted by Crippen LogP contribution is 2.35. The third-order valence-corrected chi connectivity index (χ3v) is 7.37. The number of hydrogen-bond acceptors (Lipinski definition) is 6. The number of anilines is 1. The predicted molar refractivity (Wildman–Crippen MR) is 118 cm³/mol. The van der Waals surface area contributed by atoms with E-state index in [2.05, 4.69) is 20.9 Å². The molecule has 30 heavy (non-hydrogen) atoms. The number of hydrogen-bond donors (Lipinski definition) is 0. The number of carbonyl (C=O) groups excluding carboxylic acids is 1. The van der Waals surface area contributed by atoms with Crippen molar-refractivity contribution < 1.29 is 14.3 Å². The highest BCUT2D eigenvalue weighted by Gasteiger charge is 2.27. The average Bonchev–Trinajstić information content (AvgIpc) is 3.27. The van der Waals surface area contributed by atoms with E-state index in [9.17, 15) is 4.79 Å². The van der Waals surface area contributed by atoms with Crippen LogP contribution in [0, 0.1) is 11.8 Å². The number of fused-ring (bicyclic) bond motifs is 1. The van der Waals surface area contributed by atoms with Gasteiger partial charge in [0, 0.05) is 57.9 Å². The Hall–Kier alpha value is -1.66. The normalized spacial score (nSPS) is 25.6. The monoisotopic (exact) mass is 415 g/mol. The number of ether oxygens (including phenoxy) is 2. The Bertz CT molecular complexity index is 710. The first-order valence-corrected chi connectivity index (χ1v) is 11.8. The summed E-state index contributed by atoms with van der Waals surface area (Å²) in [6.07, 6.45) is 9.62. The number of aromatic nitrogens is 1. The molecule has 1 aliphatic carbocycles. The van der Waals surface area contributed by atoms with Crippen LogP contribution in [0.15, 0.2) is 12.3 Å². The van der Waals surface area contributed by atoms with Gasteiger partial charge < -0.3 is 14.4 Å². The molecule has 1 aromatic rings. The van der Waals surface area contributed by atoms with Crippen LogP contribution in [0.3, 0.4) is 0 Å². The van der Waals surface area contributed by atoms with Crippen molar-refractivity contribution >= 4 is 11.6 Å². The molecule has 0 N–H and O–H groups in total. The summed E-state index contributed by atoms with van der Waals surface area (Å²) in [5.41, 5.74) is 1.30. The Balaban J connectivity index is 1.16. The third kappa shape index (κ3) is 5.14. The van der Waals surface area contributed by atoms with E-state index in [0.29, 0.717) is 12.3 Å². The lowest BCUT2D eigenvalue weighted by molar-refractivity contribution is -0.129. The van der Waals surface area contributed by atoms with E-state index in [1.54, 1.807) is 7.11 Å². The van der Waals surface area contributed by atoms with Gasteiger partial charge in [-0.2, -0.15) is 0 Å². The van der Waals surface area contributed by atoms with Gasteiger partial charge in [-0.25, -0.2) is 4.98 Å². The van der Waals surface area contributed by atoms with Crippen molar-refractivity contribution in [2.75, 3.05) is 51.3 Å². The first-order valence-electron chi connectivity index (χ1n) is 11.8. The van der Waals surface area contributed by atoms with Crippen molar-refractivity contribution in [2.45, 2.75) is 58.0 Å². The highest BCUT2D eigenvalue weighted by molar-refractivity contribution is 5.82. The van der Waals surface area contributed by atoms with Crippen LogP contribution in [0.1, 0.15) is 51.0 Å². The Morgan fingerprint density at radius 2 is 1.93 bits per heavy atom. The van der Waals surface area contributed by atoms with Crippen LogP contribution in [0.25, 0.3) is 0 Å². The second-order valence-electron chi connectivity index (χ2n) is 9.27. The molecule has 1 saturated heterocycles. The summed E-state index contributed by atoms with van der Waals surface area (Å²) in [7, 11) is 1.62. The zero-order valence-corrected chi connectivity index (χ0v) is 18.6. The molecule has 1 atom stereocenters. The van der Waals surface area contributed by atoms with Crippen LogP contribution in [0.5, 0.6) is 5.75 Å². The SMILES string of the molecule is CO[C@H](C)C(=O)CC1CCC(CCN2CCN(c3nccc4c3OCC4)CC2)CC1. The summed E-state index contributed by atoms with van der Waals surface area (Å²) in [6.45, 7) is 8.10. The van der Waals surface area contributed by atoms with Gasteiger partial charge in [-0.05, 0) is 50.6 Å². The van der Waals surface area contributed by atoms with E-state index in [1.807, 2.05) is 13.1 Å². The maximum absolute atomic E-state index is 12.1. The van der Waals surface area contributed by atoms with Gasteiger partial charge in [0.2, 0.25) is 0 Å². The van der Waals surface area contributed by atoms with Gasteiger partial charge in [-0.3, -0.25) is 9.69 Å². The summed E-state index contributed by atoms with van der Waals surface area (Å²) < 4.78 is 11.0. The molecule has 166 valence electrons. The Kier molecular flexibility index (Phi) is 7.26. The molecule has 0 spiro atoms. The molecule has 4 rings (SSSR count). The topological polar surface area (TPSA) is 54.9 Å². The van der Waals surface area contributed by atoms with Crippen molar-refractivity contribution in [1.82, 2.24) is 9.88 Å². The van der Waals surface area contributed by atoms with Crippen LogP contribution in [0.2, 0.25) is 0 Å². The van der Waals surface area contributed by atoms with Gasteiger partial charge in [-0.1, -0.05) is 12.8 Å². The summed E-state index contributed by atoms with van der Waals surface area (Å²) in [4.78, 5) is 21.7. The first kappa shape index (κ1) is 21.6. The summed E-state index contributed by atoms with van der Waals surface area (Å²) in [6, 6.07) is 2.09. The summed E-state index contributed by atoms with van der Waals surface area (Å²) in [5, 5.41) is 0. The second-order valence-corrected chi connectivity index (χ2v) is 9.27. The number of carbonyl (C=O) groups is 1. The van der Waals surface area contributed by atoms with E-state index in [-0.39, 0.29) is 11.9 Å². The molecule has 6 heteroatoms. The number of rotatable bonds is 8.